The third kappa shape index (κ3) is 2.83. The van der Waals surface area contributed by atoms with Crippen LogP contribution in [0.15, 0.2) is 30.3 Å². The summed E-state index contributed by atoms with van der Waals surface area (Å²) in [5.74, 6) is 0.892. The molecular weight excluding hydrogens is 366 g/mol. The lowest BCUT2D eigenvalue weighted by Gasteiger charge is -2.13. The highest BCUT2D eigenvalue weighted by Crippen LogP contribution is 2.35. The molecule has 0 fully saturated rings. The van der Waals surface area contributed by atoms with Gasteiger partial charge in [-0.15, -0.1) is 22.7 Å². The van der Waals surface area contributed by atoms with Crippen molar-refractivity contribution in [2.24, 2.45) is 0 Å². The zero-order valence-corrected chi connectivity index (χ0v) is 15.4. The average molecular weight is 381 g/mol. The highest BCUT2D eigenvalue weighted by atomic mass is 32.1. The summed E-state index contributed by atoms with van der Waals surface area (Å²) >= 11 is 3.33. The van der Waals surface area contributed by atoms with Crippen molar-refractivity contribution in [1.82, 2.24) is 30.2 Å². The van der Waals surface area contributed by atoms with Crippen LogP contribution in [-0.4, -0.2) is 31.5 Å². The molecule has 5 rings (SSSR count). The molecule has 5 heterocycles. The second-order valence-corrected chi connectivity index (χ2v) is 7.86. The molecule has 4 aromatic heterocycles. The predicted octanol–water partition coefficient (Wildman–Crippen LogP) is 2.86. The van der Waals surface area contributed by atoms with Crippen molar-refractivity contribution in [3.8, 4) is 10.7 Å². The van der Waals surface area contributed by atoms with E-state index in [1.165, 1.54) is 15.8 Å². The first-order valence-corrected chi connectivity index (χ1v) is 9.99. The molecule has 0 aromatic carbocycles. The molecule has 0 bridgehead atoms. The van der Waals surface area contributed by atoms with Gasteiger partial charge in [-0.05, 0) is 18.5 Å². The molecule has 26 heavy (non-hydrogen) atoms. The Morgan fingerprint density at radius 2 is 2.19 bits per heavy atom. The van der Waals surface area contributed by atoms with Crippen molar-refractivity contribution >= 4 is 38.7 Å². The molecule has 1 aliphatic rings. The molecule has 0 radical (unpaired) electrons. The van der Waals surface area contributed by atoms with Crippen LogP contribution in [0.3, 0.4) is 0 Å². The summed E-state index contributed by atoms with van der Waals surface area (Å²) in [6.07, 6.45) is 7.73. The van der Waals surface area contributed by atoms with E-state index in [0.29, 0.717) is 6.54 Å². The monoisotopic (exact) mass is 381 g/mol. The first kappa shape index (κ1) is 15.7. The van der Waals surface area contributed by atoms with Crippen molar-refractivity contribution in [3.05, 3.63) is 46.4 Å². The highest BCUT2D eigenvalue weighted by molar-refractivity contribution is 7.19. The highest BCUT2D eigenvalue weighted by Gasteiger charge is 2.19. The largest absolute Gasteiger partial charge is 0.364 e. The zero-order valence-electron chi connectivity index (χ0n) is 13.8. The summed E-state index contributed by atoms with van der Waals surface area (Å²) in [4.78, 5) is 24.4. The van der Waals surface area contributed by atoms with Gasteiger partial charge in [0, 0.05) is 29.2 Å². The molecule has 4 aromatic rings. The van der Waals surface area contributed by atoms with Crippen molar-refractivity contribution in [3.63, 3.8) is 0 Å². The standard InChI is InChI=1S/C17H15N7S2/c1-2-18-7-13-11(1)14-15(22-9-23-17(14)26-13)21-5-10-8-25-16(24-10)12-6-19-3-4-20-12/h3-4,6,8-9,18H,1-2,5,7H2,(H,21,22,23). The Bertz CT molecular complexity index is 1060. The summed E-state index contributed by atoms with van der Waals surface area (Å²) in [5, 5.41) is 11.0. The summed E-state index contributed by atoms with van der Waals surface area (Å²) in [5.41, 5.74) is 3.14. The van der Waals surface area contributed by atoms with Crippen LogP contribution in [0, 0.1) is 0 Å². The number of thiophene rings is 1. The normalized spacial score (nSPS) is 13.7. The van der Waals surface area contributed by atoms with E-state index in [0.717, 1.165) is 46.6 Å². The minimum absolute atomic E-state index is 0.617. The van der Waals surface area contributed by atoms with Crippen LogP contribution in [0.4, 0.5) is 5.82 Å². The minimum Gasteiger partial charge on any atom is -0.364 e. The number of anilines is 1. The molecule has 0 spiro atoms. The van der Waals surface area contributed by atoms with Crippen molar-refractivity contribution in [2.75, 3.05) is 11.9 Å². The summed E-state index contributed by atoms with van der Waals surface area (Å²) in [7, 11) is 0. The Labute approximate surface area is 157 Å². The molecule has 0 aliphatic carbocycles. The molecule has 7 nitrogen and oxygen atoms in total. The number of nitrogens with zero attached hydrogens (tertiary/aromatic N) is 5. The van der Waals surface area contributed by atoms with Gasteiger partial charge in [0.05, 0.1) is 23.8 Å². The fraction of sp³-hybridized carbons (Fsp3) is 0.235. The third-order valence-corrected chi connectivity index (χ3v) is 6.33. The van der Waals surface area contributed by atoms with Gasteiger partial charge in [-0.1, -0.05) is 0 Å². The molecule has 0 saturated carbocycles. The van der Waals surface area contributed by atoms with Crippen LogP contribution in [-0.2, 0) is 19.5 Å². The fourth-order valence-corrected chi connectivity index (χ4v) is 5.02. The molecule has 0 unspecified atom stereocenters. The van der Waals surface area contributed by atoms with Gasteiger partial charge in [0.1, 0.15) is 27.7 Å². The quantitative estimate of drug-likeness (QED) is 0.562. The Morgan fingerprint density at radius 3 is 3.12 bits per heavy atom. The number of fused-ring (bicyclic) bond motifs is 3. The Kier molecular flexibility index (Phi) is 4.04. The van der Waals surface area contributed by atoms with E-state index in [1.54, 1.807) is 47.6 Å². The van der Waals surface area contributed by atoms with Crippen molar-refractivity contribution in [2.45, 2.75) is 19.5 Å². The Morgan fingerprint density at radius 1 is 1.19 bits per heavy atom. The molecule has 0 atom stereocenters. The molecule has 0 saturated heterocycles. The van der Waals surface area contributed by atoms with Gasteiger partial charge >= 0.3 is 0 Å². The van der Waals surface area contributed by atoms with Gasteiger partial charge in [-0.2, -0.15) is 0 Å². The molecule has 1 aliphatic heterocycles. The maximum Gasteiger partial charge on any atom is 0.143 e. The topological polar surface area (TPSA) is 88.5 Å². The second kappa shape index (κ2) is 6.67. The van der Waals surface area contributed by atoms with Crippen LogP contribution in [0.2, 0.25) is 0 Å². The van der Waals surface area contributed by atoms with E-state index in [-0.39, 0.29) is 0 Å². The number of rotatable bonds is 4. The van der Waals surface area contributed by atoms with E-state index < -0.39 is 0 Å². The van der Waals surface area contributed by atoms with Crippen LogP contribution in [0.25, 0.3) is 20.9 Å². The molecule has 9 heteroatoms. The minimum atomic E-state index is 0.617. The lowest BCUT2D eigenvalue weighted by Crippen LogP contribution is -2.22. The lowest BCUT2D eigenvalue weighted by atomic mass is 10.1. The molecule has 2 N–H and O–H groups in total. The summed E-state index contributed by atoms with van der Waals surface area (Å²) < 4.78 is 0. The van der Waals surface area contributed by atoms with E-state index in [1.807, 2.05) is 5.38 Å². The smallest absolute Gasteiger partial charge is 0.143 e. The van der Waals surface area contributed by atoms with Gasteiger partial charge in [-0.3, -0.25) is 9.97 Å². The Hall–Kier alpha value is -2.49. The van der Waals surface area contributed by atoms with Crippen LogP contribution in [0.5, 0.6) is 0 Å². The van der Waals surface area contributed by atoms with E-state index in [4.69, 9.17) is 0 Å². The molecular formula is C17H15N7S2. The predicted molar refractivity (Wildman–Crippen MR) is 103 cm³/mol. The first-order chi connectivity index (χ1) is 12.9. The second-order valence-electron chi connectivity index (χ2n) is 5.92. The van der Waals surface area contributed by atoms with Gasteiger partial charge in [0.25, 0.3) is 0 Å². The molecule has 0 amide bonds. The summed E-state index contributed by atoms with van der Waals surface area (Å²) in [6, 6.07) is 0. The maximum absolute atomic E-state index is 4.65. The van der Waals surface area contributed by atoms with Crippen molar-refractivity contribution < 1.29 is 0 Å². The fourth-order valence-electron chi connectivity index (χ4n) is 3.08. The van der Waals surface area contributed by atoms with E-state index >= 15 is 0 Å². The maximum atomic E-state index is 4.65. The van der Waals surface area contributed by atoms with Gasteiger partial charge in [0.2, 0.25) is 0 Å². The molecule has 130 valence electrons. The van der Waals surface area contributed by atoms with Crippen LogP contribution >= 0.6 is 22.7 Å². The lowest BCUT2D eigenvalue weighted by molar-refractivity contribution is 0.657. The van der Waals surface area contributed by atoms with E-state index in [9.17, 15) is 0 Å². The number of aromatic nitrogens is 5. The zero-order chi connectivity index (χ0) is 17.3. The number of hydrogen-bond acceptors (Lipinski definition) is 9. The number of thiazole rings is 1. The Balaban J connectivity index is 1.41. The van der Waals surface area contributed by atoms with Crippen molar-refractivity contribution in [1.29, 1.82) is 0 Å². The van der Waals surface area contributed by atoms with Crippen LogP contribution < -0.4 is 10.6 Å². The van der Waals surface area contributed by atoms with Gasteiger partial charge < -0.3 is 10.6 Å². The SMILES string of the molecule is c1cnc(-c2nc(CNc3ncnc4sc5c(c34)CCNC5)cs2)cn1. The van der Waals surface area contributed by atoms with Gasteiger partial charge in [-0.25, -0.2) is 15.0 Å². The number of hydrogen-bond donors (Lipinski definition) is 2. The van der Waals surface area contributed by atoms with Crippen LogP contribution in [0.1, 0.15) is 16.1 Å². The third-order valence-electron chi connectivity index (χ3n) is 4.28. The average Bonchev–Trinajstić information content (AvgIpc) is 3.32. The first-order valence-electron chi connectivity index (χ1n) is 8.29. The van der Waals surface area contributed by atoms with E-state index in [2.05, 4.69) is 35.6 Å². The number of nitrogens with one attached hydrogen (secondary N) is 2. The summed E-state index contributed by atoms with van der Waals surface area (Å²) in [6.45, 7) is 2.54. The van der Waals surface area contributed by atoms with Gasteiger partial charge in [0.15, 0.2) is 0 Å².